The Morgan fingerprint density at radius 2 is 2.08 bits per heavy atom. The lowest BCUT2D eigenvalue weighted by Gasteiger charge is -2.43. The molecule has 2 atom stereocenters. The van der Waals surface area contributed by atoms with Gasteiger partial charge in [-0.1, -0.05) is 6.07 Å². The number of hydrogen-bond acceptors (Lipinski definition) is 6. The van der Waals surface area contributed by atoms with Gasteiger partial charge in [0.1, 0.15) is 5.69 Å². The fourth-order valence-electron chi connectivity index (χ4n) is 3.63. The van der Waals surface area contributed by atoms with E-state index in [4.69, 9.17) is 9.47 Å². The smallest absolute Gasteiger partial charge is 0.272 e. The molecule has 0 aliphatic carbocycles. The molecular weight excluding hydrogens is 334 g/mol. The number of carbonyl (C=O) groups is 1. The first-order valence-electron chi connectivity index (χ1n) is 8.94. The molecule has 0 saturated carbocycles. The van der Waals surface area contributed by atoms with Gasteiger partial charge in [0.25, 0.3) is 5.91 Å². The fraction of sp³-hybridized carbons (Fsp3) is 0.500. The number of carbonyl (C=O) groups excluding carboxylic acids is 1. The highest BCUT2D eigenvalue weighted by atomic mass is 16.5. The van der Waals surface area contributed by atoms with Crippen molar-refractivity contribution >= 4 is 5.91 Å². The van der Waals surface area contributed by atoms with Crippen molar-refractivity contribution in [3.8, 4) is 0 Å². The third-order valence-electron chi connectivity index (χ3n) is 4.91. The van der Waals surface area contributed by atoms with Gasteiger partial charge in [-0.2, -0.15) is 0 Å². The average molecular weight is 357 g/mol. The summed E-state index contributed by atoms with van der Waals surface area (Å²) >= 11 is 0. The van der Waals surface area contributed by atoms with E-state index in [2.05, 4.69) is 19.9 Å². The second-order valence-corrected chi connectivity index (χ2v) is 6.52. The highest BCUT2D eigenvalue weighted by Crippen LogP contribution is 2.31. The number of pyridine rings is 1. The van der Waals surface area contributed by atoms with Crippen molar-refractivity contribution in [1.29, 1.82) is 0 Å². The third-order valence-corrected chi connectivity index (χ3v) is 4.91. The molecule has 8 nitrogen and oxygen atoms in total. The van der Waals surface area contributed by atoms with Crippen LogP contribution in [0.4, 0.5) is 0 Å². The summed E-state index contributed by atoms with van der Waals surface area (Å²) in [5.41, 5.74) is 1.48. The maximum Gasteiger partial charge on any atom is 0.272 e. The zero-order valence-corrected chi connectivity index (χ0v) is 14.6. The van der Waals surface area contributed by atoms with E-state index in [0.717, 1.165) is 38.4 Å². The number of H-pyrrole nitrogens is 1. The maximum atomic E-state index is 13.0. The van der Waals surface area contributed by atoms with E-state index in [9.17, 15) is 4.79 Å². The van der Waals surface area contributed by atoms with Gasteiger partial charge in [0.15, 0.2) is 0 Å². The van der Waals surface area contributed by atoms with E-state index in [0.29, 0.717) is 18.8 Å². The molecule has 1 N–H and O–H groups in total. The highest BCUT2D eigenvalue weighted by Gasteiger charge is 2.38. The van der Waals surface area contributed by atoms with Gasteiger partial charge in [0.05, 0.1) is 44.5 Å². The molecule has 138 valence electrons. The number of nitrogens with one attached hydrogen (secondary N) is 1. The molecule has 0 aromatic carbocycles. The highest BCUT2D eigenvalue weighted by molar-refractivity contribution is 5.92. The Labute approximate surface area is 152 Å². The molecule has 0 radical (unpaired) electrons. The van der Waals surface area contributed by atoms with Gasteiger partial charge in [-0.3, -0.25) is 14.7 Å². The van der Waals surface area contributed by atoms with E-state index in [1.165, 1.54) is 6.33 Å². The summed E-state index contributed by atoms with van der Waals surface area (Å²) in [6.07, 6.45) is 6.54. The molecule has 1 amide bonds. The molecule has 2 fully saturated rings. The minimum Gasteiger partial charge on any atom is -0.379 e. The summed E-state index contributed by atoms with van der Waals surface area (Å²) in [7, 11) is 0. The van der Waals surface area contributed by atoms with Gasteiger partial charge in [-0.15, -0.1) is 0 Å². The first-order valence-corrected chi connectivity index (χ1v) is 8.94. The van der Waals surface area contributed by atoms with E-state index in [-0.39, 0.29) is 18.1 Å². The Kier molecular flexibility index (Phi) is 5.24. The number of imidazole rings is 1. The summed E-state index contributed by atoms with van der Waals surface area (Å²) in [4.78, 5) is 28.4. The minimum absolute atomic E-state index is 0.0633. The Balaban J connectivity index is 1.60. The second kappa shape index (κ2) is 7.94. The van der Waals surface area contributed by atoms with Crippen molar-refractivity contribution in [2.24, 2.45) is 0 Å². The SMILES string of the molecule is O=C(c1cnc[nH]1)N1CCO[C@@H](CN2CCOCC2)[C@@H]1c1cccnc1. The van der Waals surface area contributed by atoms with E-state index in [1.54, 1.807) is 12.4 Å². The lowest BCUT2D eigenvalue weighted by atomic mass is 9.98. The van der Waals surface area contributed by atoms with Crippen LogP contribution in [0.1, 0.15) is 22.1 Å². The van der Waals surface area contributed by atoms with Crippen LogP contribution in [0.25, 0.3) is 0 Å². The van der Waals surface area contributed by atoms with Crippen molar-refractivity contribution in [1.82, 2.24) is 24.8 Å². The number of rotatable bonds is 4. The number of aromatic nitrogens is 3. The Morgan fingerprint density at radius 1 is 1.19 bits per heavy atom. The molecule has 4 rings (SSSR count). The predicted molar refractivity (Wildman–Crippen MR) is 93.6 cm³/mol. The quantitative estimate of drug-likeness (QED) is 0.868. The van der Waals surface area contributed by atoms with Crippen LogP contribution in [0.2, 0.25) is 0 Å². The lowest BCUT2D eigenvalue weighted by Crippen LogP contribution is -2.53. The molecule has 26 heavy (non-hydrogen) atoms. The third kappa shape index (κ3) is 3.62. The second-order valence-electron chi connectivity index (χ2n) is 6.52. The topological polar surface area (TPSA) is 83.6 Å². The predicted octanol–water partition coefficient (Wildman–Crippen LogP) is 0.719. The van der Waals surface area contributed by atoms with E-state index < -0.39 is 0 Å². The molecule has 0 unspecified atom stereocenters. The lowest BCUT2D eigenvalue weighted by molar-refractivity contribution is -0.0820. The fourth-order valence-corrected chi connectivity index (χ4v) is 3.63. The maximum absolute atomic E-state index is 13.0. The van der Waals surface area contributed by atoms with E-state index >= 15 is 0 Å². The number of hydrogen-bond donors (Lipinski definition) is 1. The standard InChI is InChI=1S/C18H23N5O3/c24-18(15-11-20-13-21-15)23-6-9-26-16(12-22-4-7-25-8-5-22)17(23)14-2-1-3-19-10-14/h1-3,10-11,13,16-17H,4-9,12H2,(H,20,21)/t16-,17-/m0/s1. The van der Waals surface area contributed by atoms with Crippen LogP contribution in [-0.2, 0) is 9.47 Å². The Bertz CT molecular complexity index is 703. The largest absolute Gasteiger partial charge is 0.379 e. The monoisotopic (exact) mass is 357 g/mol. The molecule has 0 spiro atoms. The van der Waals surface area contributed by atoms with Crippen molar-refractivity contribution in [3.05, 3.63) is 48.3 Å². The Hall–Kier alpha value is -2.29. The zero-order valence-electron chi connectivity index (χ0n) is 14.6. The minimum atomic E-state index is -0.184. The van der Waals surface area contributed by atoms with Crippen LogP contribution in [0.5, 0.6) is 0 Å². The van der Waals surface area contributed by atoms with Crippen molar-refractivity contribution in [2.75, 3.05) is 46.0 Å². The molecule has 2 aromatic rings. The number of aromatic amines is 1. The zero-order chi connectivity index (χ0) is 17.8. The molecule has 2 saturated heterocycles. The number of amides is 1. The Morgan fingerprint density at radius 3 is 2.81 bits per heavy atom. The van der Waals surface area contributed by atoms with Gasteiger partial charge in [0, 0.05) is 38.6 Å². The summed E-state index contributed by atoms with van der Waals surface area (Å²) in [6.45, 7) is 5.06. The average Bonchev–Trinajstić information content (AvgIpc) is 3.23. The molecular formula is C18H23N5O3. The van der Waals surface area contributed by atoms with E-state index in [1.807, 2.05) is 23.2 Å². The van der Waals surface area contributed by atoms with Crippen LogP contribution in [0.3, 0.4) is 0 Å². The van der Waals surface area contributed by atoms with Gasteiger partial charge >= 0.3 is 0 Å². The van der Waals surface area contributed by atoms with Crippen LogP contribution in [-0.4, -0.2) is 82.8 Å². The molecule has 2 aromatic heterocycles. The van der Waals surface area contributed by atoms with Crippen LogP contribution >= 0.6 is 0 Å². The van der Waals surface area contributed by atoms with Gasteiger partial charge in [-0.05, 0) is 11.6 Å². The summed E-state index contributed by atoms with van der Waals surface area (Å²) in [5, 5.41) is 0. The molecule has 8 heteroatoms. The molecule has 0 bridgehead atoms. The van der Waals surface area contributed by atoms with Gasteiger partial charge in [-0.25, -0.2) is 4.98 Å². The number of ether oxygens (including phenoxy) is 2. The first-order chi connectivity index (χ1) is 12.8. The van der Waals surface area contributed by atoms with Gasteiger partial charge < -0.3 is 19.4 Å². The molecule has 4 heterocycles. The summed E-state index contributed by atoms with van der Waals surface area (Å²) in [5.74, 6) is -0.0633. The van der Waals surface area contributed by atoms with Crippen molar-refractivity contribution in [3.63, 3.8) is 0 Å². The first kappa shape index (κ1) is 17.1. The van der Waals surface area contributed by atoms with Gasteiger partial charge in [0.2, 0.25) is 0 Å². The number of morpholine rings is 2. The molecule has 2 aliphatic heterocycles. The van der Waals surface area contributed by atoms with Crippen molar-refractivity contribution < 1.29 is 14.3 Å². The summed E-state index contributed by atoms with van der Waals surface area (Å²) < 4.78 is 11.6. The summed E-state index contributed by atoms with van der Waals surface area (Å²) in [6, 6.07) is 3.72. The normalized spacial score (nSPS) is 24.5. The van der Waals surface area contributed by atoms with Crippen LogP contribution in [0.15, 0.2) is 37.1 Å². The van der Waals surface area contributed by atoms with Crippen LogP contribution < -0.4 is 0 Å². The number of nitrogens with zero attached hydrogens (tertiary/aromatic N) is 4. The van der Waals surface area contributed by atoms with Crippen molar-refractivity contribution in [2.45, 2.75) is 12.1 Å². The molecule has 2 aliphatic rings. The van der Waals surface area contributed by atoms with Crippen LogP contribution in [0, 0.1) is 0 Å².